The van der Waals surface area contributed by atoms with Gasteiger partial charge in [0.1, 0.15) is 6.10 Å². The second-order valence-corrected chi connectivity index (χ2v) is 21.1. The number of rotatable bonds is 9. The molecule has 5 saturated carbocycles. The topological polar surface area (TPSA) is 104 Å². The number of carbonyl (C=O) groups excluding carboxylic acids is 1. The van der Waals surface area contributed by atoms with Crippen LogP contribution in [0.3, 0.4) is 0 Å². The molecule has 10 nitrogen and oxygen atoms in total. The number of morpholine rings is 1. The minimum absolute atomic E-state index is 0.00320. The Morgan fingerprint density at radius 3 is 2.40 bits per heavy atom. The summed E-state index contributed by atoms with van der Waals surface area (Å²) in [4.78, 5) is 18.7. The van der Waals surface area contributed by atoms with Crippen LogP contribution < -0.4 is 0 Å². The fourth-order valence-corrected chi connectivity index (χ4v) is 15.2. The van der Waals surface area contributed by atoms with Gasteiger partial charge in [-0.1, -0.05) is 34.6 Å². The van der Waals surface area contributed by atoms with Gasteiger partial charge >= 0.3 is 0 Å². The van der Waals surface area contributed by atoms with Crippen molar-refractivity contribution in [2.45, 2.75) is 155 Å². The molecule has 302 valence electrons. The van der Waals surface area contributed by atoms with Gasteiger partial charge in [0.2, 0.25) is 5.91 Å². The highest BCUT2D eigenvalue weighted by atomic mass is 16.7. The summed E-state index contributed by atoms with van der Waals surface area (Å²) in [5.74, 6) is 1.93. The summed E-state index contributed by atoms with van der Waals surface area (Å²) in [6.07, 6.45) is 7.74. The number of nitrogens with zero attached hydrogens (tertiary/aromatic N) is 3. The monoisotopic (exact) mass is 744 g/mol. The highest BCUT2D eigenvalue weighted by Gasteiger charge is 2.84. The van der Waals surface area contributed by atoms with Crippen LogP contribution in [0.1, 0.15) is 107 Å². The van der Waals surface area contributed by atoms with Gasteiger partial charge < -0.3 is 34.1 Å². The summed E-state index contributed by atoms with van der Waals surface area (Å²) >= 11 is 0. The molecule has 8 rings (SSSR count). The zero-order chi connectivity index (χ0) is 38.1. The summed E-state index contributed by atoms with van der Waals surface area (Å²) in [7, 11) is 3.65. The van der Waals surface area contributed by atoms with Crippen molar-refractivity contribution in [2.24, 2.45) is 50.7 Å². The normalized spacial score (nSPS) is 48.7. The van der Waals surface area contributed by atoms with E-state index in [1.54, 1.807) is 4.90 Å². The summed E-state index contributed by atoms with van der Waals surface area (Å²) in [5.41, 5.74) is -0.590. The molecule has 14 atom stereocenters. The van der Waals surface area contributed by atoms with Crippen molar-refractivity contribution < 1.29 is 34.0 Å². The predicted octanol–water partition coefficient (Wildman–Crippen LogP) is 4.79. The van der Waals surface area contributed by atoms with Gasteiger partial charge in [-0.3, -0.25) is 14.6 Å². The maximum atomic E-state index is 12.7. The van der Waals surface area contributed by atoms with Crippen molar-refractivity contribution in [3.8, 4) is 0 Å². The third-order valence-corrected chi connectivity index (χ3v) is 17.8. The number of amides is 1. The zero-order valence-electron chi connectivity index (χ0n) is 34.7. The highest BCUT2D eigenvalue weighted by Crippen LogP contribution is 2.89. The van der Waals surface area contributed by atoms with Gasteiger partial charge in [0.15, 0.2) is 6.29 Å². The number of likely N-dealkylation sites (tertiary alicyclic amines) is 1. The molecule has 0 aromatic rings. The van der Waals surface area contributed by atoms with Gasteiger partial charge in [-0.25, -0.2) is 0 Å². The molecule has 3 aliphatic heterocycles. The predicted molar refractivity (Wildman–Crippen MR) is 203 cm³/mol. The number of hydrogen-bond acceptors (Lipinski definition) is 9. The Kier molecular flexibility index (Phi) is 9.63. The second kappa shape index (κ2) is 13.1. The summed E-state index contributed by atoms with van der Waals surface area (Å²) < 4.78 is 26.4. The van der Waals surface area contributed by atoms with Crippen LogP contribution in [0, 0.1) is 50.7 Å². The Balaban J connectivity index is 0.955. The van der Waals surface area contributed by atoms with Crippen LogP contribution in [0.15, 0.2) is 0 Å². The molecular formula is C43H73N3O7. The molecule has 0 radical (unpaired) electrons. The number of fused-ring (bicyclic) bond motifs is 4. The van der Waals surface area contributed by atoms with Crippen molar-refractivity contribution in [1.82, 2.24) is 14.7 Å². The molecule has 2 N–H and O–H groups in total. The molecule has 8 aliphatic rings. The van der Waals surface area contributed by atoms with Crippen LogP contribution in [-0.4, -0.2) is 139 Å². The average molecular weight is 744 g/mol. The molecule has 8 fully saturated rings. The lowest BCUT2D eigenvalue weighted by Gasteiger charge is -2.64. The van der Waals surface area contributed by atoms with Crippen LogP contribution in [0.4, 0.5) is 0 Å². The number of hydrogen-bond donors (Lipinski definition) is 2. The van der Waals surface area contributed by atoms with E-state index >= 15 is 0 Å². The van der Waals surface area contributed by atoms with Crippen molar-refractivity contribution in [3.63, 3.8) is 0 Å². The van der Waals surface area contributed by atoms with E-state index in [4.69, 9.17) is 18.9 Å². The Labute approximate surface area is 320 Å². The minimum Gasteiger partial charge on any atom is -0.390 e. The molecule has 5 aliphatic carbocycles. The van der Waals surface area contributed by atoms with E-state index in [2.05, 4.69) is 44.4 Å². The van der Waals surface area contributed by atoms with E-state index in [-0.39, 0.29) is 52.2 Å². The molecule has 0 aromatic heterocycles. The third kappa shape index (κ3) is 5.63. The summed E-state index contributed by atoms with van der Waals surface area (Å²) in [5, 5.41) is 23.8. The number of aliphatic hydroxyl groups is 2. The summed E-state index contributed by atoms with van der Waals surface area (Å²) in [6, 6.07) is 0.462. The van der Waals surface area contributed by atoms with Crippen LogP contribution in [0.5, 0.6) is 0 Å². The molecule has 1 amide bonds. The van der Waals surface area contributed by atoms with Crippen molar-refractivity contribution in [1.29, 1.82) is 0 Å². The largest absolute Gasteiger partial charge is 0.390 e. The first-order chi connectivity index (χ1) is 24.8. The Morgan fingerprint density at radius 2 is 1.72 bits per heavy atom. The average Bonchev–Trinajstić information content (AvgIpc) is 3.70. The molecule has 53 heavy (non-hydrogen) atoms. The van der Waals surface area contributed by atoms with Crippen LogP contribution in [0.25, 0.3) is 0 Å². The highest BCUT2D eigenvalue weighted by molar-refractivity contribution is 5.77. The smallest absolute Gasteiger partial charge is 0.236 e. The molecule has 10 heteroatoms. The molecule has 0 aromatic carbocycles. The first-order valence-electron chi connectivity index (χ1n) is 21.4. The summed E-state index contributed by atoms with van der Waals surface area (Å²) in [6.45, 7) is 23.3. The molecule has 3 saturated heterocycles. The third-order valence-electron chi connectivity index (χ3n) is 17.8. The van der Waals surface area contributed by atoms with Gasteiger partial charge in [-0.05, 0) is 117 Å². The fraction of sp³-hybridized carbons (Fsp3) is 0.977. The van der Waals surface area contributed by atoms with Gasteiger partial charge in [-0.15, -0.1) is 0 Å². The van der Waals surface area contributed by atoms with Gasteiger partial charge in [0, 0.05) is 58.3 Å². The Hall–Kier alpha value is -0.850. The number of ether oxygens (including phenoxy) is 4. The zero-order valence-corrected chi connectivity index (χ0v) is 34.7. The van der Waals surface area contributed by atoms with E-state index in [1.807, 2.05) is 34.9 Å². The first kappa shape index (κ1) is 39.0. The van der Waals surface area contributed by atoms with E-state index in [0.29, 0.717) is 54.9 Å². The second-order valence-electron chi connectivity index (χ2n) is 21.1. The molecule has 2 spiro atoms. The van der Waals surface area contributed by atoms with Crippen LogP contribution in [-0.2, 0) is 23.7 Å². The van der Waals surface area contributed by atoms with E-state index in [9.17, 15) is 15.0 Å². The van der Waals surface area contributed by atoms with E-state index in [1.165, 1.54) is 25.7 Å². The standard InChI is InChI=1S/C43H73N3O7/c1-11-50-37(39(5,6)49)28-20-26(2)34-35(52-28)36(48)41(8)30-13-12-29-38(3,4)31(14-15-42(29)25-43(30,42)17-16-40(34,41)7)53-33-24-46(18-19-51-33)27-21-45(22-27)23-32(47)44(9)10/h26-31,33-37,48-49H,11-25H2,1-10H3/t26-,28?,29+,30?,31+,33+,34+,35?,36+,37+,40-,41-,42-,43+/m1/s1. The van der Waals surface area contributed by atoms with Gasteiger partial charge in [0.05, 0.1) is 43.2 Å². The van der Waals surface area contributed by atoms with E-state index in [0.717, 1.165) is 51.9 Å². The minimum atomic E-state index is -1.02. The lowest BCUT2D eigenvalue weighted by Crippen LogP contribution is -2.64. The maximum Gasteiger partial charge on any atom is 0.236 e. The Morgan fingerprint density at radius 1 is 1.02 bits per heavy atom. The molecular weight excluding hydrogens is 670 g/mol. The maximum absolute atomic E-state index is 12.7. The number of carbonyl (C=O) groups is 1. The molecule has 3 heterocycles. The van der Waals surface area contributed by atoms with Crippen LogP contribution in [0.2, 0.25) is 0 Å². The molecule has 3 unspecified atom stereocenters. The number of likely N-dealkylation sites (N-methyl/N-ethyl adjacent to an activating group) is 1. The lowest BCUT2D eigenvalue weighted by atomic mass is 9.41. The lowest BCUT2D eigenvalue weighted by molar-refractivity contribution is -0.253. The van der Waals surface area contributed by atoms with Crippen molar-refractivity contribution >= 4 is 5.91 Å². The Bertz CT molecular complexity index is 1400. The van der Waals surface area contributed by atoms with E-state index < -0.39 is 17.8 Å². The van der Waals surface area contributed by atoms with Gasteiger partial charge in [-0.2, -0.15) is 0 Å². The van der Waals surface area contributed by atoms with Crippen molar-refractivity contribution in [3.05, 3.63) is 0 Å². The van der Waals surface area contributed by atoms with Gasteiger partial charge in [0.25, 0.3) is 0 Å². The van der Waals surface area contributed by atoms with Crippen LogP contribution >= 0.6 is 0 Å². The quantitative estimate of drug-likeness (QED) is 0.345. The van der Waals surface area contributed by atoms with Crippen molar-refractivity contribution in [2.75, 3.05) is 60.0 Å². The fourth-order valence-electron chi connectivity index (χ4n) is 15.2. The number of aliphatic hydroxyl groups excluding tert-OH is 1. The first-order valence-corrected chi connectivity index (χ1v) is 21.4. The SMILES string of the molecule is CCO[C@@H](C1C[C@@H](C)[C@H]2C(O1)[C@H](O)[C@@]1(C)C3CC[C@H]4C(C)(C)[C@@H](O[C@H]5CN(C6CN(CC(=O)N(C)C)C6)CCO5)CC[C@@]45C[C@@]35CC[C@]21C)C(C)(C)O. The molecule has 0 bridgehead atoms.